The number of carbonyl (C=O) groups is 1. The van der Waals surface area contributed by atoms with Crippen LogP contribution in [0.1, 0.15) is 19.8 Å². The van der Waals surface area contributed by atoms with Crippen molar-refractivity contribution >= 4 is 37.3 Å². The topological polar surface area (TPSA) is 96.2 Å². The molecule has 1 heterocycles. The highest BCUT2D eigenvalue weighted by Crippen LogP contribution is 2.33. The fraction of sp³-hybridized carbons (Fsp3) is 0.364. The summed E-state index contributed by atoms with van der Waals surface area (Å²) in [6, 6.07) is 9.92. The normalized spacial score (nSPS) is 12.2. The lowest BCUT2D eigenvalue weighted by atomic mass is 10.3. The maximum atomic E-state index is 12.5. The Morgan fingerprint density at radius 2 is 1.69 bits per heavy atom. The van der Waals surface area contributed by atoms with Gasteiger partial charge in [-0.25, -0.2) is 8.42 Å². The van der Waals surface area contributed by atoms with Crippen molar-refractivity contribution in [1.82, 2.24) is 4.57 Å². The van der Waals surface area contributed by atoms with Gasteiger partial charge in [-0.1, -0.05) is 11.3 Å². The van der Waals surface area contributed by atoms with Gasteiger partial charge in [0.25, 0.3) is 0 Å². The van der Waals surface area contributed by atoms with E-state index in [1.54, 1.807) is 26.4 Å². The van der Waals surface area contributed by atoms with E-state index in [1.165, 1.54) is 30.6 Å². The van der Waals surface area contributed by atoms with Crippen LogP contribution in [0.15, 0.2) is 46.3 Å². The summed E-state index contributed by atoms with van der Waals surface area (Å²) in [5.74, 6) is 1.30. The van der Waals surface area contributed by atoms with E-state index in [4.69, 9.17) is 14.2 Å². The number of amides is 1. The van der Waals surface area contributed by atoms with Crippen molar-refractivity contribution in [1.29, 1.82) is 0 Å². The number of fused-ring (bicyclic) bond motifs is 1. The van der Waals surface area contributed by atoms with E-state index in [9.17, 15) is 13.2 Å². The first-order chi connectivity index (χ1) is 15.3. The van der Waals surface area contributed by atoms with Gasteiger partial charge in [-0.2, -0.15) is 4.99 Å². The Morgan fingerprint density at radius 3 is 2.28 bits per heavy atom. The minimum atomic E-state index is -3.48. The zero-order valence-electron chi connectivity index (χ0n) is 18.5. The molecule has 3 rings (SSSR count). The maximum Gasteiger partial charge on any atom is 0.248 e. The van der Waals surface area contributed by atoms with Crippen LogP contribution in [0.2, 0.25) is 0 Å². The van der Waals surface area contributed by atoms with Gasteiger partial charge in [0.2, 0.25) is 5.91 Å². The van der Waals surface area contributed by atoms with Gasteiger partial charge in [0, 0.05) is 25.1 Å². The Hall–Kier alpha value is -2.85. The van der Waals surface area contributed by atoms with E-state index in [0.717, 1.165) is 10.2 Å². The van der Waals surface area contributed by atoms with Crippen LogP contribution in [0.5, 0.6) is 17.2 Å². The molecule has 0 aliphatic heterocycles. The van der Waals surface area contributed by atoms with Crippen molar-refractivity contribution in [2.24, 2.45) is 4.99 Å². The van der Waals surface area contributed by atoms with Gasteiger partial charge in [-0.15, -0.1) is 0 Å². The second-order valence-corrected chi connectivity index (χ2v) is 10.0. The van der Waals surface area contributed by atoms with Crippen LogP contribution in [0.3, 0.4) is 0 Å². The molecule has 0 radical (unpaired) electrons. The van der Waals surface area contributed by atoms with Crippen LogP contribution in [0.25, 0.3) is 10.2 Å². The molecule has 2 aromatic carbocycles. The third-order valence-corrected chi connectivity index (χ3v) is 7.80. The van der Waals surface area contributed by atoms with Gasteiger partial charge in [0.1, 0.15) is 5.75 Å². The van der Waals surface area contributed by atoms with Gasteiger partial charge < -0.3 is 18.8 Å². The highest BCUT2D eigenvalue weighted by atomic mass is 32.2. The van der Waals surface area contributed by atoms with Crippen LogP contribution < -0.4 is 19.0 Å². The molecular formula is C22H26N2O6S2. The molecular weight excluding hydrogens is 452 g/mol. The van der Waals surface area contributed by atoms with Crippen molar-refractivity contribution in [3.05, 3.63) is 41.2 Å². The van der Waals surface area contributed by atoms with Crippen molar-refractivity contribution in [3.8, 4) is 17.2 Å². The molecule has 32 heavy (non-hydrogen) atoms. The summed E-state index contributed by atoms with van der Waals surface area (Å²) in [5.41, 5.74) is 0.892. The Balaban J connectivity index is 1.76. The minimum Gasteiger partial charge on any atom is -0.497 e. The second-order valence-electron chi connectivity index (χ2n) is 6.91. The Labute approximate surface area is 191 Å². The summed E-state index contributed by atoms with van der Waals surface area (Å²) in [6.45, 7) is 2.58. The van der Waals surface area contributed by atoms with Crippen LogP contribution in [0.4, 0.5) is 0 Å². The molecule has 0 aliphatic carbocycles. The van der Waals surface area contributed by atoms with E-state index in [-0.39, 0.29) is 29.4 Å². The Kier molecular flexibility index (Phi) is 7.57. The Morgan fingerprint density at radius 1 is 1.03 bits per heavy atom. The van der Waals surface area contributed by atoms with Crippen molar-refractivity contribution in [3.63, 3.8) is 0 Å². The van der Waals surface area contributed by atoms with Crippen LogP contribution in [-0.4, -0.2) is 46.0 Å². The highest BCUT2D eigenvalue weighted by Gasteiger charge is 2.16. The molecule has 0 saturated heterocycles. The third-order valence-electron chi connectivity index (χ3n) is 4.95. The molecule has 0 aliphatic rings. The number of aryl methyl sites for hydroxylation is 1. The number of benzene rings is 2. The van der Waals surface area contributed by atoms with E-state index < -0.39 is 9.84 Å². The Bertz CT molecular complexity index is 1270. The lowest BCUT2D eigenvalue weighted by Gasteiger charge is -2.08. The highest BCUT2D eigenvalue weighted by molar-refractivity contribution is 7.91. The first kappa shape index (κ1) is 23.8. The van der Waals surface area contributed by atoms with E-state index in [1.807, 2.05) is 23.6 Å². The summed E-state index contributed by atoms with van der Waals surface area (Å²) < 4.78 is 43.6. The van der Waals surface area contributed by atoms with Gasteiger partial charge in [-0.3, -0.25) is 4.79 Å². The predicted molar refractivity (Wildman–Crippen MR) is 123 cm³/mol. The number of nitrogens with zero attached hydrogens (tertiary/aromatic N) is 2. The molecule has 0 unspecified atom stereocenters. The summed E-state index contributed by atoms with van der Waals surface area (Å²) >= 11 is 1.37. The molecule has 1 amide bonds. The van der Waals surface area contributed by atoms with Crippen molar-refractivity contribution in [2.45, 2.75) is 31.2 Å². The number of aromatic nitrogens is 1. The number of carbonyl (C=O) groups excluding carboxylic acids is 1. The number of sulfone groups is 1. The first-order valence-corrected chi connectivity index (χ1v) is 12.5. The quantitative estimate of drug-likeness (QED) is 0.468. The molecule has 0 N–H and O–H groups in total. The van der Waals surface area contributed by atoms with Gasteiger partial charge in [0.05, 0.1) is 42.2 Å². The summed E-state index contributed by atoms with van der Waals surface area (Å²) in [7, 11) is 1.18. The zero-order valence-corrected chi connectivity index (χ0v) is 20.1. The lowest BCUT2D eigenvalue weighted by molar-refractivity contribution is -0.118. The van der Waals surface area contributed by atoms with E-state index in [2.05, 4.69) is 4.99 Å². The molecule has 0 fully saturated rings. The van der Waals surface area contributed by atoms with Crippen molar-refractivity contribution in [2.75, 3.05) is 27.1 Å². The molecule has 10 heteroatoms. The summed E-state index contributed by atoms with van der Waals surface area (Å²) in [6.07, 6.45) is 0.231. The van der Waals surface area contributed by atoms with Crippen LogP contribution in [-0.2, 0) is 21.2 Å². The molecule has 0 spiro atoms. The van der Waals surface area contributed by atoms with E-state index in [0.29, 0.717) is 28.6 Å². The third kappa shape index (κ3) is 5.13. The smallest absolute Gasteiger partial charge is 0.248 e. The number of thiazole rings is 1. The number of hydrogen-bond donors (Lipinski definition) is 0. The van der Waals surface area contributed by atoms with Crippen LogP contribution in [0, 0.1) is 0 Å². The van der Waals surface area contributed by atoms with Gasteiger partial charge in [-0.05, 0) is 37.6 Å². The molecule has 0 bridgehead atoms. The van der Waals surface area contributed by atoms with Crippen molar-refractivity contribution < 1.29 is 27.4 Å². The lowest BCUT2D eigenvalue weighted by Crippen LogP contribution is -2.16. The maximum absolute atomic E-state index is 12.5. The number of hydrogen-bond acceptors (Lipinski definition) is 7. The first-order valence-electron chi connectivity index (χ1n) is 10.0. The molecule has 0 saturated carbocycles. The standard InChI is InChI=1S/C22H26N2O6S2/c1-5-24-17-13-18(29-3)19(30-4)14-20(17)31-22(24)23-21(25)7-6-12-32(26,27)16-10-8-15(28-2)9-11-16/h8-11,13-14H,5-7,12H2,1-4H3. The molecule has 1 aromatic heterocycles. The minimum absolute atomic E-state index is 0.0417. The van der Waals surface area contributed by atoms with Crippen LogP contribution >= 0.6 is 11.3 Å². The fourth-order valence-corrected chi connectivity index (χ4v) is 5.70. The predicted octanol–water partition coefficient (Wildman–Crippen LogP) is 3.43. The molecule has 0 atom stereocenters. The largest absolute Gasteiger partial charge is 0.497 e. The number of ether oxygens (including phenoxy) is 3. The molecule has 3 aromatic rings. The van der Waals surface area contributed by atoms with Gasteiger partial charge in [0.15, 0.2) is 26.1 Å². The SMILES string of the molecule is CCn1c(=NC(=O)CCCS(=O)(=O)c2ccc(OC)cc2)sc2cc(OC)c(OC)cc21. The molecule has 172 valence electrons. The van der Waals surface area contributed by atoms with Gasteiger partial charge >= 0.3 is 0 Å². The zero-order chi connectivity index (χ0) is 23.3. The average Bonchev–Trinajstić information content (AvgIpc) is 3.13. The second kappa shape index (κ2) is 10.2. The number of rotatable bonds is 9. The van der Waals surface area contributed by atoms with E-state index >= 15 is 0 Å². The fourth-order valence-electron chi connectivity index (χ4n) is 3.26. The monoisotopic (exact) mass is 478 g/mol. The summed E-state index contributed by atoms with van der Waals surface area (Å²) in [5, 5.41) is 0. The average molecular weight is 479 g/mol. The number of methoxy groups -OCH3 is 3. The summed E-state index contributed by atoms with van der Waals surface area (Å²) in [4.78, 5) is 17.5. The molecule has 8 nitrogen and oxygen atoms in total.